The number of hydrogen-bond acceptors (Lipinski definition) is 5. The van der Waals surface area contributed by atoms with E-state index in [1.165, 1.54) is 6.08 Å². The number of rotatable bonds is 4. The van der Waals surface area contributed by atoms with Crippen molar-refractivity contribution in [2.75, 3.05) is 23.5 Å². The molecule has 7 heteroatoms. The van der Waals surface area contributed by atoms with Gasteiger partial charge >= 0.3 is 6.03 Å². The number of carbonyl (C=O) groups is 3. The van der Waals surface area contributed by atoms with Gasteiger partial charge in [0.15, 0.2) is 0 Å². The van der Waals surface area contributed by atoms with E-state index in [2.05, 4.69) is 37.9 Å². The second-order valence-electron chi connectivity index (χ2n) is 9.99. The first kappa shape index (κ1) is 24.5. The van der Waals surface area contributed by atoms with Crippen LogP contribution in [0, 0.1) is 13.8 Å². The minimum Gasteiger partial charge on any atom is -0.496 e. The molecule has 0 aliphatic carbocycles. The molecule has 4 rings (SSSR count). The van der Waals surface area contributed by atoms with E-state index in [-0.39, 0.29) is 17.0 Å². The average Bonchev–Trinajstić information content (AvgIpc) is 2.78. The Hall–Kier alpha value is -3.61. The van der Waals surface area contributed by atoms with Crippen LogP contribution in [-0.2, 0) is 9.59 Å². The Kier molecular flexibility index (Phi) is 6.21. The molecular weight excluding hydrogens is 442 g/mol. The number of urea groups is 1. The van der Waals surface area contributed by atoms with Crippen molar-refractivity contribution in [1.29, 1.82) is 0 Å². The van der Waals surface area contributed by atoms with E-state index < -0.39 is 17.8 Å². The van der Waals surface area contributed by atoms with Crippen molar-refractivity contribution in [3.8, 4) is 5.75 Å². The van der Waals surface area contributed by atoms with Crippen molar-refractivity contribution in [3.05, 3.63) is 58.2 Å². The van der Waals surface area contributed by atoms with E-state index in [0.29, 0.717) is 17.0 Å². The maximum absolute atomic E-state index is 13.5. The predicted octanol–water partition coefficient (Wildman–Crippen LogP) is 5.09. The van der Waals surface area contributed by atoms with Crippen molar-refractivity contribution in [2.45, 2.75) is 59.4 Å². The van der Waals surface area contributed by atoms with Gasteiger partial charge in [0.05, 0.1) is 12.8 Å². The fraction of sp³-hybridized carbons (Fsp3) is 0.393. The molecule has 35 heavy (non-hydrogen) atoms. The highest BCUT2D eigenvalue weighted by molar-refractivity contribution is 6.39. The average molecular weight is 476 g/mol. The lowest BCUT2D eigenvalue weighted by Gasteiger charge is -2.47. The molecule has 0 aromatic heterocycles. The molecule has 1 unspecified atom stereocenters. The Labute approximate surface area is 206 Å². The van der Waals surface area contributed by atoms with E-state index in [1.54, 1.807) is 19.2 Å². The van der Waals surface area contributed by atoms with E-state index in [9.17, 15) is 14.4 Å². The Morgan fingerprint density at radius 3 is 2.51 bits per heavy atom. The fourth-order valence-electron chi connectivity index (χ4n) is 5.42. The van der Waals surface area contributed by atoms with Crippen LogP contribution < -0.4 is 19.9 Å². The van der Waals surface area contributed by atoms with Gasteiger partial charge in [-0.05, 0) is 81.9 Å². The van der Waals surface area contributed by atoms with E-state index in [1.807, 2.05) is 32.0 Å². The molecule has 0 radical (unpaired) electrons. The first-order chi connectivity index (χ1) is 16.5. The molecule has 0 saturated carbocycles. The smallest absolute Gasteiger partial charge is 0.335 e. The Morgan fingerprint density at radius 2 is 1.86 bits per heavy atom. The van der Waals surface area contributed by atoms with Gasteiger partial charge in [0, 0.05) is 29.4 Å². The number of anilines is 2. The second kappa shape index (κ2) is 8.87. The van der Waals surface area contributed by atoms with Gasteiger partial charge in [-0.25, -0.2) is 9.69 Å². The lowest BCUT2D eigenvalue weighted by Crippen LogP contribution is -2.54. The highest BCUT2D eigenvalue weighted by atomic mass is 16.5. The quantitative estimate of drug-likeness (QED) is 0.492. The normalized spacial score (nSPS) is 20.7. The molecule has 4 amide bonds. The highest BCUT2D eigenvalue weighted by Crippen LogP contribution is 2.46. The lowest BCUT2D eigenvalue weighted by atomic mass is 9.79. The van der Waals surface area contributed by atoms with Crippen LogP contribution in [0.15, 0.2) is 35.9 Å². The SMILES string of the molecule is CCN1c2cc(OC)c(/C=C3/C(=O)NC(=O)N(c4cccc(C)c4C)C3=O)cc2C(C)CC1(C)C. The standard InChI is InChI=1S/C28H33N3O4/c1-8-30-23-14-24(35-7)19(12-20(23)17(3)15-28(30,5)6)13-21-25(32)29-27(34)31(26(21)33)22-11-9-10-16(2)18(22)4/h9-14,17H,8,15H2,1-7H3,(H,29,32,34)/b21-13-. The van der Waals surface area contributed by atoms with Gasteiger partial charge in [-0.15, -0.1) is 0 Å². The van der Waals surface area contributed by atoms with Crippen LogP contribution in [0.5, 0.6) is 5.75 Å². The summed E-state index contributed by atoms with van der Waals surface area (Å²) < 4.78 is 5.69. The molecule has 7 nitrogen and oxygen atoms in total. The number of benzene rings is 2. The molecule has 0 spiro atoms. The second-order valence-corrected chi connectivity index (χ2v) is 9.99. The van der Waals surface area contributed by atoms with Crippen LogP contribution >= 0.6 is 0 Å². The number of imide groups is 2. The number of methoxy groups -OCH3 is 1. The maximum Gasteiger partial charge on any atom is 0.335 e. The van der Waals surface area contributed by atoms with Crippen LogP contribution in [0.3, 0.4) is 0 Å². The van der Waals surface area contributed by atoms with Crippen molar-refractivity contribution in [3.63, 3.8) is 0 Å². The van der Waals surface area contributed by atoms with Crippen molar-refractivity contribution >= 4 is 35.3 Å². The van der Waals surface area contributed by atoms with Crippen LogP contribution in [0.25, 0.3) is 6.08 Å². The van der Waals surface area contributed by atoms with Crippen molar-refractivity contribution in [1.82, 2.24) is 5.32 Å². The molecule has 2 heterocycles. The van der Waals surface area contributed by atoms with E-state index in [0.717, 1.165) is 40.2 Å². The number of ether oxygens (including phenoxy) is 1. The first-order valence-corrected chi connectivity index (χ1v) is 12.0. The monoisotopic (exact) mass is 475 g/mol. The largest absolute Gasteiger partial charge is 0.496 e. The lowest BCUT2D eigenvalue weighted by molar-refractivity contribution is -0.122. The van der Waals surface area contributed by atoms with Gasteiger partial charge in [0.1, 0.15) is 11.3 Å². The molecule has 1 N–H and O–H groups in total. The predicted molar refractivity (Wildman–Crippen MR) is 138 cm³/mol. The number of hydrogen-bond donors (Lipinski definition) is 1. The zero-order valence-electron chi connectivity index (χ0n) is 21.5. The number of aryl methyl sites for hydroxylation is 1. The topological polar surface area (TPSA) is 79.0 Å². The van der Waals surface area contributed by atoms with Gasteiger partial charge < -0.3 is 9.64 Å². The molecule has 1 atom stereocenters. The highest BCUT2D eigenvalue weighted by Gasteiger charge is 2.39. The Balaban J connectivity index is 1.83. The number of amides is 4. The minimum absolute atomic E-state index is 0.00207. The Morgan fingerprint density at radius 1 is 1.14 bits per heavy atom. The van der Waals surface area contributed by atoms with Gasteiger partial charge in [-0.1, -0.05) is 19.1 Å². The molecule has 0 bridgehead atoms. The molecule has 2 aliphatic heterocycles. The summed E-state index contributed by atoms with van der Waals surface area (Å²) in [5.41, 5.74) is 4.95. The zero-order chi connectivity index (χ0) is 25.7. The summed E-state index contributed by atoms with van der Waals surface area (Å²) in [7, 11) is 1.58. The number of nitrogens with zero attached hydrogens (tertiary/aromatic N) is 2. The number of carbonyl (C=O) groups excluding carboxylic acids is 3. The molecule has 1 saturated heterocycles. The van der Waals surface area contributed by atoms with Crippen LogP contribution in [0.4, 0.5) is 16.2 Å². The summed E-state index contributed by atoms with van der Waals surface area (Å²) in [6.07, 6.45) is 2.51. The van der Waals surface area contributed by atoms with Crippen LogP contribution in [0.2, 0.25) is 0 Å². The summed E-state index contributed by atoms with van der Waals surface area (Å²) in [5, 5.41) is 2.32. The maximum atomic E-state index is 13.5. The molecule has 1 fully saturated rings. The minimum atomic E-state index is -0.752. The molecule has 2 aromatic carbocycles. The summed E-state index contributed by atoms with van der Waals surface area (Å²) in [5.74, 6) is -0.521. The third kappa shape index (κ3) is 4.09. The van der Waals surface area contributed by atoms with Gasteiger partial charge in [-0.3, -0.25) is 14.9 Å². The van der Waals surface area contributed by atoms with Gasteiger partial charge in [-0.2, -0.15) is 0 Å². The zero-order valence-corrected chi connectivity index (χ0v) is 21.5. The molecule has 184 valence electrons. The van der Waals surface area contributed by atoms with Gasteiger partial charge in [0.25, 0.3) is 11.8 Å². The molecule has 2 aliphatic rings. The van der Waals surface area contributed by atoms with Gasteiger partial charge in [0.2, 0.25) is 0 Å². The Bertz CT molecular complexity index is 1260. The molecular formula is C28H33N3O4. The summed E-state index contributed by atoms with van der Waals surface area (Å²) >= 11 is 0. The summed E-state index contributed by atoms with van der Waals surface area (Å²) in [6, 6.07) is 8.64. The number of fused-ring (bicyclic) bond motifs is 1. The number of barbiturate groups is 1. The van der Waals surface area contributed by atoms with Crippen LogP contribution in [0.1, 0.15) is 62.3 Å². The van der Waals surface area contributed by atoms with Crippen LogP contribution in [-0.4, -0.2) is 37.0 Å². The molecule has 2 aromatic rings. The first-order valence-electron chi connectivity index (χ1n) is 12.0. The van der Waals surface area contributed by atoms with E-state index >= 15 is 0 Å². The summed E-state index contributed by atoms with van der Waals surface area (Å²) in [4.78, 5) is 42.3. The van der Waals surface area contributed by atoms with Crippen molar-refractivity contribution in [2.24, 2.45) is 0 Å². The summed E-state index contributed by atoms with van der Waals surface area (Å²) in [6.45, 7) is 13.4. The third-order valence-corrected chi connectivity index (χ3v) is 7.27. The fourth-order valence-corrected chi connectivity index (χ4v) is 5.42. The van der Waals surface area contributed by atoms with Crippen molar-refractivity contribution < 1.29 is 19.1 Å². The third-order valence-electron chi connectivity index (χ3n) is 7.27. The number of nitrogens with one attached hydrogen (secondary N) is 1. The van der Waals surface area contributed by atoms with E-state index in [4.69, 9.17) is 4.74 Å².